The van der Waals surface area contributed by atoms with E-state index in [9.17, 15) is 4.79 Å². The molecule has 8 heteroatoms. The maximum absolute atomic E-state index is 12.3. The van der Waals surface area contributed by atoms with E-state index in [1.54, 1.807) is 38.8 Å². The Bertz CT molecular complexity index is 1270. The van der Waals surface area contributed by atoms with Crippen molar-refractivity contribution in [1.82, 2.24) is 25.5 Å². The number of nitrogens with zero attached hydrogens (tertiary/aromatic N) is 4. The van der Waals surface area contributed by atoms with E-state index < -0.39 is 0 Å². The summed E-state index contributed by atoms with van der Waals surface area (Å²) in [5.74, 6) is 1.12. The van der Waals surface area contributed by atoms with Gasteiger partial charge in [-0.15, -0.1) is 0 Å². The van der Waals surface area contributed by atoms with Gasteiger partial charge in [-0.2, -0.15) is 5.10 Å². The number of fused-ring (bicyclic) bond motifs is 1. The molecule has 2 N–H and O–H groups in total. The summed E-state index contributed by atoms with van der Waals surface area (Å²) in [5, 5.41) is 9.52. The van der Waals surface area contributed by atoms with Gasteiger partial charge in [-0.3, -0.25) is 14.9 Å². The van der Waals surface area contributed by atoms with E-state index >= 15 is 0 Å². The molecule has 32 heavy (non-hydrogen) atoms. The predicted octanol–water partition coefficient (Wildman–Crippen LogP) is 3.94. The number of carbonyl (C=O) groups is 1. The summed E-state index contributed by atoms with van der Waals surface area (Å²) in [6.45, 7) is 0.862. The van der Waals surface area contributed by atoms with E-state index in [1.165, 1.54) is 12.8 Å². The van der Waals surface area contributed by atoms with Gasteiger partial charge in [-0.1, -0.05) is 0 Å². The van der Waals surface area contributed by atoms with Gasteiger partial charge in [-0.05, 0) is 49.1 Å². The monoisotopic (exact) mass is 428 g/mol. The zero-order valence-corrected chi connectivity index (χ0v) is 18.0. The second-order valence-corrected chi connectivity index (χ2v) is 7.97. The van der Waals surface area contributed by atoms with Crippen molar-refractivity contribution in [3.8, 4) is 17.0 Å². The Morgan fingerprint density at radius 3 is 2.75 bits per heavy atom. The molecule has 0 radical (unpaired) electrons. The van der Waals surface area contributed by atoms with Crippen LogP contribution < -0.4 is 15.0 Å². The molecular formula is C24H24N6O2. The molecule has 0 bridgehead atoms. The lowest BCUT2D eigenvalue weighted by molar-refractivity contribution is 0.0962. The standard InChI is InChI=1S/C24H24N6O2/c1-25-24(31)16-7-19(9-20(8-16)32-2)30(14-15-3-4-15)18-5-6-21-22(10-18)29-23(13-26-21)17-11-27-28-12-17/h5-13,15H,3-4,14H2,1-2H3,(H,25,31)(H,27,28). The molecule has 1 aliphatic carbocycles. The minimum absolute atomic E-state index is 0.148. The van der Waals surface area contributed by atoms with Crippen molar-refractivity contribution in [3.05, 3.63) is 60.6 Å². The fourth-order valence-electron chi connectivity index (χ4n) is 3.75. The van der Waals surface area contributed by atoms with Crippen molar-refractivity contribution >= 4 is 28.3 Å². The minimum atomic E-state index is -0.148. The Hall–Kier alpha value is -3.94. The number of H-pyrrole nitrogens is 1. The van der Waals surface area contributed by atoms with Crippen LogP contribution in [-0.4, -0.2) is 46.8 Å². The smallest absolute Gasteiger partial charge is 0.251 e. The molecule has 1 aliphatic rings. The average molecular weight is 428 g/mol. The number of methoxy groups -OCH3 is 1. The molecule has 0 spiro atoms. The summed E-state index contributed by atoms with van der Waals surface area (Å²) in [6, 6.07) is 11.7. The molecule has 1 saturated carbocycles. The Morgan fingerprint density at radius 1 is 1.16 bits per heavy atom. The number of carbonyl (C=O) groups excluding carboxylic acids is 1. The number of rotatable bonds is 7. The first kappa shape index (κ1) is 20.0. The number of amides is 1. The van der Waals surface area contributed by atoms with E-state index in [2.05, 4.69) is 31.5 Å². The molecular weight excluding hydrogens is 404 g/mol. The number of hydrogen-bond donors (Lipinski definition) is 2. The van der Waals surface area contributed by atoms with Crippen LogP contribution in [0.15, 0.2) is 55.0 Å². The van der Waals surface area contributed by atoms with E-state index in [1.807, 2.05) is 24.3 Å². The molecule has 0 unspecified atom stereocenters. The Morgan fingerprint density at radius 2 is 2.03 bits per heavy atom. The third kappa shape index (κ3) is 3.99. The number of hydrogen-bond acceptors (Lipinski definition) is 6. The lowest BCUT2D eigenvalue weighted by Crippen LogP contribution is -2.22. The number of anilines is 2. The topological polar surface area (TPSA) is 96.0 Å². The molecule has 162 valence electrons. The molecule has 5 rings (SSSR count). The lowest BCUT2D eigenvalue weighted by Gasteiger charge is -2.26. The SMILES string of the molecule is CNC(=O)c1cc(OC)cc(N(CC2CC2)c2ccc3ncc(-c4cn[nH]c4)nc3c2)c1. The molecule has 8 nitrogen and oxygen atoms in total. The molecule has 2 aromatic carbocycles. The maximum atomic E-state index is 12.3. The third-order valence-corrected chi connectivity index (χ3v) is 5.70. The van der Waals surface area contributed by atoms with Crippen LogP contribution in [0.1, 0.15) is 23.2 Å². The van der Waals surface area contributed by atoms with E-state index in [4.69, 9.17) is 9.72 Å². The summed E-state index contributed by atoms with van der Waals surface area (Å²) in [7, 11) is 3.24. The van der Waals surface area contributed by atoms with Gasteiger partial charge < -0.3 is 15.0 Å². The molecule has 2 heterocycles. The highest BCUT2D eigenvalue weighted by molar-refractivity contribution is 5.96. The Labute approximate surface area is 185 Å². The van der Waals surface area contributed by atoms with E-state index in [-0.39, 0.29) is 5.91 Å². The Balaban J connectivity index is 1.59. The fourth-order valence-corrected chi connectivity index (χ4v) is 3.75. The van der Waals surface area contributed by atoms with Crippen molar-refractivity contribution in [2.24, 2.45) is 5.92 Å². The van der Waals surface area contributed by atoms with Gasteiger partial charge in [-0.25, -0.2) is 4.98 Å². The van der Waals surface area contributed by atoms with Gasteiger partial charge in [0.2, 0.25) is 0 Å². The second-order valence-electron chi connectivity index (χ2n) is 7.97. The predicted molar refractivity (Wildman–Crippen MR) is 123 cm³/mol. The van der Waals surface area contributed by atoms with Crippen molar-refractivity contribution in [2.45, 2.75) is 12.8 Å². The van der Waals surface area contributed by atoms with Gasteiger partial charge in [0.1, 0.15) is 5.75 Å². The summed E-state index contributed by atoms with van der Waals surface area (Å²) in [6.07, 6.45) is 7.71. The van der Waals surface area contributed by atoms with Gasteiger partial charge in [0.15, 0.2) is 0 Å². The van der Waals surface area contributed by atoms with Crippen LogP contribution in [0.3, 0.4) is 0 Å². The van der Waals surface area contributed by atoms with Crippen molar-refractivity contribution in [1.29, 1.82) is 0 Å². The molecule has 1 amide bonds. The van der Waals surface area contributed by atoms with E-state index in [0.29, 0.717) is 17.2 Å². The summed E-state index contributed by atoms with van der Waals surface area (Å²) in [5.41, 5.74) is 5.75. The van der Waals surface area contributed by atoms with Crippen LogP contribution in [0.2, 0.25) is 0 Å². The first-order valence-corrected chi connectivity index (χ1v) is 10.6. The number of aromatic nitrogens is 4. The van der Waals surface area contributed by atoms with Crippen LogP contribution in [0.25, 0.3) is 22.3 Å². The van der Waals surface area contributed by atoms with Gasteiger partial charge in [0.05, 0.1) is 36.2 Å². The molecule has 2 aromatic heterocycles. The number of nitrogens with one attached hydrogen (secondary N) is 2. The fraction of sp³-hybridized carbons (Fsp3) is 0.250. The molecule has 0 aliphatic heterocycles. The van der Waals surface area contributed by atoms with Crippen molar-refractivity contribution in [2.75, 3.05) is 25.6 Å². The normalized spacial score (nSPS) is 13.2. The zero-order valence-electron chi connectivity index (χ0n) is 18.0. The molecule has 0 atom stereocenters. The van der Waals surface area contributed by atoms with Crippen LogP contribution in [0, 0.1) is 5.92 Å². The number of benzene rings is 2. The minimum Gasteiger partial charge on any atom is -0.497 e. The highest BCUT2D eigenvalue weighted by Crippen LogP contribution is 2.37. The quantitative estimate of drug-likeness (QED) is 0.463. The van der Waals surface area contributed by atoms with Crippen LogP contribution in [0.4, 0.5) is 11.4 Å². The van der Waals surface area contributed by atoms with Crippen LogP contribution in [0.5, 0.6) is 5.75 Å². The molecule has 1 fully saturated rings. The maximum Gasteiger partial charge on any atom is 0.251 e. The van der Waals surface area contributed by atoms with Gasteiger partial charge in [0, 0.05) is 48.4 Å². The van der Waals surface area contributed by atoms with Gasteiger partial charge in [0.25, 0.3) is 5.91 Å². The average Bonchev–Trinajstić information content (AvgIpc) is 3.50. The number of aromatic amines is 1. The third-order valence-electron chi connectivity index (χ3n) is 5.70. The first-order chi connectivity index (χ1) is 15.6. The lowest BCUT2D eigenvalue weighted by atomic mass is 10.1. The zero-order chi connectivity index (χ0) is 22.1. The highest BCUT2D eigenvalue weighted by Gasteiger charge is 2.26. The van der Waals surface area contributed by atoms with Gasteiger partial charge >= 0.3 is 0 Å². The Kier molecular flexibility index (Phi) is 5.18. The van der Waals surface area contributed by atoms with E-state index in [0.717, 1.165) is 40.2 Å². The van der Waals surface area contributed by atoms with Crippen molar-refractivity contribution in [3.63, 3.8) is 0 Å². The molecule has 0 saturated heterocycles. The highest BCUT2D eigenvalue weighted by atomic mass is 16.5. The summed E-state index contributed by atoms with van der Waals surface area (Å²) in [4.78, 5) is 23.9. The van der Waals surface area contributed by atoms with Crippen molar-refractivity contribution < 1.29 is 9.53 Å². The largest absolute Gasteiger partial charge is 0.497 e. The van der Waals surface area contributed by atoms with Crippen LogP contribution >= 0.6 is 0 Å². The second kappa shape index (κ2) is 8.30. The first-order valence-electron chi connectivity index (χ1n) is 10.6. The number of ether oxygens (including phenoxy) is 1. The summed E-state index contributed by atoms with van der Waals surface area (Å²) >= 11 is 0. The summed E-state index contributed by atoms with van der Waals surface area (Å²) < 4.78 is 5.49. The van der Waals surface area contributed by atoms with Crippen LogP contribution in [-0.2, 0) is 0 Å². The molecule has 4 aromatic rings.